The van der Waals surface area contributed by atoms with Gasteiger partial charge in [-0.05, 0) is 36.4 Å². The first-order chi connectivity index (χ1) is 13.1. The number of nitrogens with zero attached hydrogens (tertiary/aromatic N) is 2. The molecule has 1 N–H and O–H groups in total. The van der Waals surface area contributed by atoms with E-state index < -0.39 is 4.92 Å². The van der Waals surface area contributed by atoms with Crippen LogP contribution < -0.4 is 5.32 Å². The summed E-state index contributed by atoms with van der Waals surface area (Å²) in [5.74, 6) is 0.0178. The molecule has 0 atom stereocenters. The van der Waals surface area contributed by atoms with Crippen molar-refractivity contribution in [1.82, 2.24) is 4.98 Å². The lowest BCUT2D eigenvalue weighted by molar-refractivity contribution is -0.384. The number of hydrogen-bond donors (Lipinski definition) is 1. The van der Waals surface area contributed by atoms with Crippen LogP contribution in [0.1, 0.15) is 10.4 Å². The normalized spacial score (nSPS) is 10.7. The Bertz CT molecular complexity index is 1120. The van der Waals surface area contributed by atoms with E-state index >= 15 is 0 Å². The van der Waals surface area contributed by atoms with Crippen LogP contribution in [-0.2, 0) is 0 Å². The molecule has 0 bridgehead atoms. The van der Waals surface area contributed by atoms with E-state index in [1.807, 2.05) is 30.3 Å². The molecule has 3 aromatic carbocycles. The highest BCUT2D eigenvalue weighted by molar-refractivity contribution is 6.06. The molecule has 0 radical (unpaired) electrons. The molecule has 0 fully saturated rings. The Morgan fingerprint density at radius 3 is 2.41 bits per heavy atom. The van der Waals surface area contributed by atoms with Crippen LogP contribution >= 0.6 is 0 Å². The molecule has 0 aliphatic carbocycles. The van der Waals surface area contributed by atoms with Gasteiger partial charge in [-0.25, -0.2) is 4.98 Å². The summed E-state index contributed by atoms with van der Waals surface area (Å²) in [6, 6.07) is 20.0. The first-order valence-corrected chi connectivity index (χ1v) is 8.12. The first kappa shape index (κ1) is 16.5. The Morgan fingerprint density at radius 1 is 0.963 bits per heavy atom. The summed E-state index contributed by atoms with van der Waals surface area (Å²) in [4.78, 5) is 27.2. The number of oxazole rings is 1. The highest BCUT2D eigenvalue weighted by atomic mass is 16.6. The molecule has 0 saturated carbocycles. The third kappa shape index (κ3) is 3.25. The topological polar surface area (TPSA) is 98.3 Å². The highest BCUT2D eigenvalue weighted by Gasteiger charge is 2.15. The van der Waals surface area contributed by atoms with Gasteiger partial charge in [0, 0.05) is 17.7 Å². The molecule has 0 spiro atoms. The predicted molar refractivity (Wildman–Crippen MR) is 100 cm³/mol. The number of non-ortho nitro benzene ring substituents is 1. The Morgan fingerprint density at radius 2 is 1.67 bits per heavy atom. The van der Waals surface area contributed by atoms with Gasteiger partial charge in [0.1, 0.15) is 5.52 Å². The Balaban J connectivity index is 1.64. The van der Waals surface area contributed by atoms with Gasteiger partial charge < -0.3 is 9.73 Å². The maximum atomic E-state index is 12.5. The minimum atomic E-state index is -0.510. The van der Waals surface area contributed by atoms with Gasteiger partial charge in [-0.2, -0.15) is 0 Å². The SMILES string of the molecule is O=C(Nc1ccccc1-c1nc2ccccc2o1)c1ccc([N+](=O)[O-])cc1. The number of rotatable bonds is 4. The number of nitro groups is 1. The van der Waals surface area contributed by atoms with E-state index in [-0.39, 0.29) is 11.6 Å². The lowest BCUT2D eigenvalue weighted by Gasteiger charge is -2.08. The van der Waals surface area contributed by atoms with Crippen molar-refractivity contribution in [2.45, 2.75) is 0 Å². The van der Waals surface area contributed by atoms with Crippen molar-refractivity contribution in [2.24, 2.45) is 0 Å². The van der Waals surface area contributed by atoms with Gasteiger partial charge in [0.25, 0.3) is 11.6 Å². The number of nitrogens with one attached hydrogen (secondary N) is 1. The van der Waals surface area contributed by atoms with Crippen LogP contribution in [0.3, 0.4) is 0 Å². The van der Waals surface area contributed by atoms with E-state index in [9.17, 15) is 14.9 Å². The molecule has 0 saturated heterocycles. The Hall–Kier alpha value is -4.00. The van der Waals surface area contributed by atoms with E-state index in [0.717, 1.165) is 5.52 Å². The summed E-state index contributed by atoms with van der Waals surface area (Å²) >= 11 is 0. The number of hydrogen-bond acceptors (Lipinski definition) is 5. The molecule has 4 aromatic rings. The van der Waals surface area contributed by atoms with Crippen LogP contribution in [0.25, 0.3) is 22.6 Å². The smallest absolute Gasteiger partial charge is 0.269 e. The number of fused-ring (bicyclic) bond motifs is 1. The van der Waals surface area contributed by atoms with Gasteiger partial charge in [0.05, 0.1) is 16.2 Å². The monoisotopic (exact) mass is 359 g/mol. The van der Waals surface area contributed by atoms with Gasteiger partial charge in [0.15, 0.2) is 5.58 Å². The highest BCUT2D eigenvalue weighted by Crippen LogP contribution is 2.30. The van der Waals surface area contributed by atoms with Crippen LogP contribution in [0.2, 0.25) is 0 Å². The maximum absolute atomic E-state index is 12.5. The number of carbonyl (C=O) groups excluding carboxylic acids is 1. The van der Waals surface area contributed by atoms with Crippen LogP contribution in [0.5, 0.6) is 0 Å². The minimum Gasteiger partial charge on any atom is -0.436 e. The molecule has 0 unspecified atom stereocenters. The summed E-state index contributed by atoms with van der Waals surface area (Å²) in [5.41, 5.74) is 2.80. The summed E-state index contributed by atoms with van der Waals surface area (Å²) in [6.45, 7) is 0. The molecule has 0 aliphatic rings. The maximum Gasteiger partial charge on any atom is 0.269 e. The summed E-state index contributed by atoms with van der Waals surface area (Å²) in [6.07, 6.45) is 0. The van der Waals surface area contributed by atoms with Crippen molar-refractivity contribution in [3.05, 3.63) is 88.5 Å². The fourth-order valence-electron chi connectivity index (χ4n) is 2.70. The van der Waals surface area contributed by atoms with Gasteiger partial charge in [-0.15, -0.1) is 0 Å². The molecule has 132 valence electrons. The molecule has 27 heavy (non-hydrogen) atoms. The Labute approximate surface area is 153 Å². The standard InChI is InChI=1S/C20H13N3O4/c24-19(13-9-11-14(12-10-13)23(25)26)21-16-6-2-1-5-15(16)20-22-17-7-3-4-8-18(17)27-20/h1-12H,(H,21,24). The third-order valence-corrected chi connectivity index (χ3v) is 4.04. The molecule has 1 aromatic heterocycles. The van der Waals surface area contributed by atoms with Gasteiger partial charge in [-0.3, -0.25) is 14.9 Å². The van der Waals surface area contributed by atoms with E-state index in [0.29, 0.717) is 28.3 Å². The molecular weight excluding hydrogens is 346 g/mol. The summed E-state index contributed by atoms with van der Waals surface area (Å²) in [5, 5.41) is 13.5. The largest absolute Gasteiger partial charge is 0.436 e. The predicted octanol–water partition coefficient (Wildman–Crippen LogP) is 4.66. The zero-order valence-electron chi connectivity index (χ0n) is 14.0. The second-order valence-corrected chi connectivity index (χ2v) is 5.79. The summed E-state index contributed by atoms with van der Waals surface area (Å²) < 4.78 is 5.79. The van der Waals surface area contributed by atoms with Crippen molar-refractivity contribution < 1.29 is 14.1 Å². The van der Waals surface area contributed by atoms with Crippen LogP contribution in [0.4, 0.5) is 11.4 Å². The number of aromatic nitrogens is 1. The number of benzene rings is 3. The number of para-hydroxylation sites is 3. The van der Waals surface area contributed by atoms with E-state index in [1.165, 1.54) is 24.3 Å². The van der Waals surface area contributed by atoms with Gasteiger partial charge >= 0.3 is 0 Å². The average Bonchev–Trinajstić information content (AvgIpc) is 3.12. The molecule has 4 rings (SSSR count). The quantitative estimate of drug-likeness (QED) is 0.422. The lowest BCUT2D eigenvalue weighted by Crippen LogP contribution is -2.12. The zero-order chi connectivity index (χ0) is 18.8. The van der Waals surface area contributed by atoms with Crippen molar-refractivity contribution in [3.63, 3.8) is 0 Å². The number of carbonyl (C=O) groups is 1. The van der Waals surface area contributed by atoms with Gasteiger partial charge in [0.2, 0.25) is 5.89 Å². The van der Waals surface area contributed by atoms with Crippen molar-refractivity contribution in [3.8, 4) is 11.5 Å². The summed E-state index contributed by atoms with van der Waals surface area (Å²) in [7, 11) is 0. The second kappa shape index (κ2) is 6.72. The fraction of sp³-hybridized carbons (Fsp3) is 0. The number of amides is 1. The molecular formula is C20H13N3O4. The number of anilines is 1. The van der Waals surface area contributed by atoms with Crippen LogP contribution in [0.15, 0.2) is 77.2 Å². The average molecular weight is 359 g/mol. The zero-order valence-corrected chi connectivity index (χ0v) is 14.0. The van der Waals surface area contributed by atoms with E-state index in [2.05, 4.69) is 10.3 Å². The van der Waals surface area contributed by atoms with Crippen molar-refractivity contribution >= 4 is 28.4 Å². The molecule has 7 nitrogen and oxygen atoms in total. The molecule has 1 amide bonds. The molecule has 7 heteroatoms. The third-order valence-electron chi connectivity index (χ3n) is 4.04. The van der Waals surface area contributed by atoms with E-state index in [4.69, 9.17) is 4.42 Å². The van der Waals surface area contributed by atoms with Crippen molar-refractivity contribution in [1.29, 1.82) is 0 Å². The van der Waals surface area contributed by atoms with Gasteiger partial charge in [-0.1, -0.05) is 24.3 Å². The van der Waals surface area contributed by atoms with Crippen molar-refractivity contribution in [2.75, 3.05) is 5.32 Å². The number of nitro benzene ring substituents is 1. The lowest BCUT2D eigenvalue weighted by atomic mass is 10.1. The fourth-order valence-corrected chi connectivity index (χ4v) is 2.70. The van der Waals surface area contributed by atoms with E-state index in [1.54, 1.807) is 18.2 Å². The van der Waals surface area contributed by atoms with Crippen LogP contribution in [0, 0.1) is 10.1 Å². The molecule has 0 aliphatic heterocycles. The first-order valence-electron chi connectivity index (χ1n) is 8.12. The Kier molecular flexibility index (Phi) is 4.10. The molecule has 1 heterocycles. The second-order valence-electron chi connectivity index (χ2n) is 5.79. The minimum absolute atomic E-state index is 0.0709. The van der Waals surface area contributed by atoms with Crippen LogP contribution in [-0.4, -0.2) is 15.8 Å².